The van der Waals surface area contributed by atoms with Crippen molar-refractivity contribution in [2.24, 2.45) is 0 Å². The van der Waals surface area contributed by atoms with Gasteiger partial charge in [0.25, 0.3) is 0 Å². The maximum atomic E-state index is 12.2. The standard InChI is InChI=1S/C16H14O4/c1-3-18-11-6-7-13-14(8-11)20-15(16(13)17)9-12-5-4-10(2)19-12/h4-9H,3H2,1-2H3/b15-9-. The lowest BCUT2D eigenvalue weighted by Crippen LogP contribution is -1.97. The Morgan fingerprint density at radius 3 is 2.80 bits per heavy atom. The third-order valence-corrected chi connectivity index (χ3v) is 2.99. The van der Waals surface area contributed by atoms with Crippen molar-refractivity contribution in [3.8, 4) is 11.5 Å². The average Bonchev–Trinajstić information content (AvgIpc) is 2.96. The van der Waals surface area contributed by atoms with Crippen molar-refractivity contribution >= 4 is 11.9 Å². The van der Waals surface area contributed by atoms with Crippen LogP contribution in [-0.2, 0) is 0 Å². The highest BCUT2D eigenvalue weighted by Crippen LogP contribution is 2.34. The Bertz CT molecular complexity index is 694. The van der Waals surface area contributed by atoms with E-state index in [4.69, 9.17) is 13.9 Å². The maximum absolute atomic E-state index is 12.2. The Labute approximate surface area is 116 Å². The molecule has 0 aliphatic carbocycles. The van der Waals surface area contributed by atoms with Crippen LogP contribution in [0.25, 0.3) is 6.08 Å². The van der Waals surface area contributed by atoms with E-state index in [0.717, 1.165) is 5.76 Å². The predicted octanol–water partition coefficient (Wildman–Crippen LogP) is 3.60. The summed E-state index contributed by atoms with van der Waals surface area (Å²) in [6.45, 7) is 4.33. The maximum Gasteiger partial charge on any atom is 0.232 e. The van der Waals surface area contributed by atoms with E-state index in [9.17, 15) is 4.79 Å². The lowest BCUT2D eigenvalue weighted by molar-refractivity contribution is 0.101. The third kappa shape index (κ3) is 2.20. The van der Waals surface area contributed by atoms with E-state index in [1.807, 2.05) is 19.9 Å². The lowest BCUT2D eigenvalue weighted by Gasteiger charge is -2.03. The van der Waals surface area contributed by atoms with Gasteiger partial charge in [0.15, 0.2) is 5.76 Å². The van der Waals surface area contributed by atoms with Crippen molar-refractivity contribution in [2.75, 3.05) is 6.61 Å². The lowest BCUT2D eigenvalue weighted by atomic mass is 10.1. The topological polar surface area (TPSA) is 48.7 Å². The molecule has 0 spiro atoms. The molecule has 1 aliphatic rings. The van der Waals surface area contributed by atoms with Gasteiger partial charge in [-0.15, -0.1) is 0 Å². The fourth-order valence-electron chi connectivity index (χ4n) is 2.08. The van der Waals surface area contributed by atoms with Crippen molar-refractivity contribution < 1.29 is 18.7 Å². The number of carbonyl (C=O) groups excluding carboxylic acids is 1. The summed E-state index contributed by atoms with van der Waals surface area (Å²) in [5, 5.41) is 0. The number of benzene rings is 1. The number of hydrogen-bond donors (Lipinski definition) is 0. The van der Waals surface area contributed by atoms with Crippen LogP contribution in [0.1, 0.15) is 28.8 Å². The van der Waals surface area contributed by atoms with E-state index in [1.54, 1.807) is 30.3 Å². The number of furan rings is 1. The summed E-state index contributed by atoms with van der Waals surface area (Å²) in [5.41, 5.74) is 0.544. The summed E-state index contributed by atoms with van der Waals surface area (Å²) in [6.07, 6.45) is 1.61. The van der Waals surface area contributed by atoms with E-state index in [-0.39, 0.29) is 11.5 Å². The second-order valence-electron chi connectivity index (χ2n) is 4.48. The van der Waals surface area contributed by atoms with Gasteiger partial charge < -0.3 is 13.9 Å². The van der Waals surface area contributed by atoms with Crippen molar-refractivity contribution in [2.45, 2.75) is 13.8 Å². The molecule has 0 N–H and O–H groups in total. The Morgan fingerprint density at radius 2 is 2.10 bits per heavy atom. The molecule has 1 aliphatic heterocycles. The SMILES string of the molecule is CCOc1ccc2c(c1)O/C(=C\c1ccc(C)o1)C2=O. The first-order valence-corrected chi connectivity index (χ1v) is 6.45. The second kappa shape index (κ2) is 4.89. The molecular weight excluding hydrogens is 256 g/mol. The molecule has 102 valence electrons. The third-order valence-electron chi connectivity index (χ3n) is 2.99. The molecule has 1 aromatic heterocycles. The average molecular weight is 270 g/mol. The number of aryl methyl sites for hydroxylation is 1. The first-order chi connectivity index (χ1) is 9.67. The van der Waals surface area contributed by atoms with Crippen LogP contribution in [0.15, 0.2) is 40.5 Å². The molecule has 0 fully saturated rings. The van der Waals surface area contributed by atoms with Crippen molar-refractivity contribution in [1.29, 1.82) is 0 Å². The van der Waals surface area contributed by atoms with Gasteiger partial charge >= 0.3 is 0 Å². The monoisotopic (exact) mass is 270 g/mol. The van der Waals surface area contributed by atoms with E-state index in [2.05, 4.69) is 0 Å². The zero-order chi connectivity index (χ0) is 14.1. The molecule has 0 radical (unpaired) electrons. The van der Waals surface area contributed by atoms with E-state index in [1.165, 1.54) is 0 Å². The Hall–Kier alpha value is -2.49. The highest BCUT2D eigenvalue weighted by atomic mass is 16.5. The molecule has 0 saturated heterocycles. The van der Waals surface area contributed by atoms with Gasteiger partial charge in [0.1, 0.15) is 23.0 Å². The zero-order valence-corrected chi connectivity index (χ0v) is 11.3. The Morgan fingerprint density at radius 1 is 1.25 bits per heavy atom. The highest BCUT2D eigenvalue weighted by molar-refractivity contribution is 6.14. The number of ether oxygens (including phenoxy) is 2. The molecule has 0 saturated carbocycles. The predicted molar refractivity (Wildman–Crippen MR) is 74.0 cm³/mol. The first kappa shape index (κ1) is 12.5. The quantitative estimate of drug-likeness (QED) is 0.799. The molecule has 2 heterocycles. The zero-order valence-electron chi connectivity index (χ0n) is 11.3. The molecule has 0 bridgehead atoms. The van der Waals surface area contributed by atoms with Crippen LogP contribution in [0.2, 0.25) is 0 Å². The second-order valence-corrected chi connectivity index (χ2v) is 4.48. The first-order valence-electron chi connectivity index (χ1n) is 6.45. The van der Waals surface area contributed by atoms with E-state index < -0.39 is 0 Å². The molecule has 4 nitrogen and oxygen atoms in total. The number of carbonyl (C=O) groups is 1. The van der Waals surface area contributed by atoms with E-state index >= 15 is 0 Å². The smallest absolute Gasteiger partial charge is 0.232 e. The van der Waals surface area contributed by atoms with Crippen molar-refractivity contribution in [3.63, 3.8) is 0 Å². The molecule has 4 heteroatoms. The van der Waals surface area contributed by atoms with Crippen molar-refractivity contribution in [3.05, 3.63) is 53.2 Å². The summed E-state index contributed by atoms with van der Waals surface area (Å²) >= 11 is 0. The van der Waals surface area contributed by atoms with Gasteiger partial charge in [-0.05, 0) is 38.1 Å². The van der Waals surface area contributed by atoms with Crippen LogP contribution >= 0.6 is 0 Å². The van der Waals surface area contributed by atoms with Gasteiger partial charge in [-0.2, -0.15) is 0 Å². The van der Waals surface area contributed by atoms with E-state index in [0.29, 0.717) is 29.4 Å². The fraction of sp³-hybridized carbons (Fsp3) is 0.188. The molecule has 20 heavy (non-hydrogen) atoms. The van der Waals surface area contributed by atoms with Gasteiger partial charge in [0.05, 0.1) is 12.2 Å². The molecule has 2 aromatic rings. The van der Waals surface area contributed by atoms with Crippen LogP contribution < -0.4 is 9.47 Å². The molecule has 0 atom stereocenters. The minimum Gasteiger partial charge on any atom is -0.494 e. The molecular formula is C16H14O4. The largest absolute Gasteiger partial charge is 0.494 e. The Kier molecular flexibility index (Phi) is 3.06. The number of allylic oxidation sites excluding steroid dienone is 1. The van der Waals surface area contributed by atoms with Crippen LogP contribution in [-0.4, -0.2) is 12.4 Å². The summed E-state index contributed by atoms with van der Waals surface area (Å²) in [7, 11) is 0. The summed E-state index contributed by atoms with van der Waals surface area (Å²) in [4.78, 5) is 12.2. The minimum absolute atomic E-state index is 0.142. The highest BCUT2D eigenvalue weighted by Gasteiger charge is 2.28. The summed E-state index contributed by atoms with van der Waals surface area (Å²) < 4.78 is 16.4. The summed E-state index contributed by atoms with van der Waals surface area (Å²) in [5.74, 6) is 2.73. The van der Waals surface area contributed by atoms with Gasteiger partial charge in [-0.1, -0.05) is 0 Å². The van der Waals surface area contributed by atoms with Gasteiger partial charge in [-0.25, -0.2) is 0 Å². The fourth-order valence-corrected chi connectivity index (χ4v) is 2.08. The van der Waals surface area contributed by atoms with Crippen LogP contribution in [0, 0.1) is 6.92 Å². The summed E-state index contributed by atoms with van der Waals surface area (Å²) in [6, 6.07) is 8.85. The van der Waals surface area contributed by atoms with Crippen LogP contribution in [0.3, 0.4) is 0 Å². The normalized spacial score (nSPS) is 15.3. The van der Waals surface area contributed by atoms with Crippen LogP contribution in [0.5, 0.6) is 11.5 Å². The number of rotatable bonds is 3. The van der Waals surface area contributed by atoms with Crippen molar-refractivity contribution in [1.82, 2.24) is 0 Å². The Balaban J connectivity index is 1.91. The molecule has 0 unspecified atom stereocenters. The van der Waals surface area contributed by atoms with Crippen LogP contribution in [0.4, 0.5) is 0 Å². The number of fused-ring (bicyclic) bond motifs is 1. The molecule has 3 rings (SSSR count). The van der Waals surface area contributed by atoms with Gasteiger partial charge in [0.2, 0.25) is 5.78 Å². The van der Waals surface area contributed by atoms with Gasteiger partial charge in [-0.3, -0.25) is 4.79 Å². The number of hydrogen-bond acceptors (Lipinski definition) is 4. The number of Topliss-reactive ketones (excluding diaryl/α,β-unsaturated/α-hetero) is 1. The number of ketones is 1. The minimum atomic E-state index is -0.142. The molecule has 0 amide bonds. The van der Waals surface area contributed by atoms with Gasteiger partial charge in [0, 0.05) is 12.1 Å². The molecule has 1 aromatic carbocycles.